The minimum Gasteiger partial charge on any atom is -0.332 e. The third-order valence-electron chi connectivity index (χ3n) is 3.37. The largest absolute Gasteiger partial charge is 0.406 e. The molecule has 0 unspecified atom stereocenters. The molecule has 2 rings (SSSR count). The maximum Gasteiger partial charge on any atom is 0.406 e. The molecule has 1 aliphatic heterocycles. The van der Waals surface area contributed by atoms with Crippen molar-refractivity contribution in [2.24, 2.45) is 0 Å². The lowest BCUT2D eigenvalue weighted by molar-refractivity contribution is -0.385. The predicted molar refractivity (Wildman–Crippen MR) is 67.7 cm³/mol. The number of hydrogen-bond donors (Lipinski definition) is 0. The Balaban J connectivity index is 1.96. The number of likely N-dealkylation sites (tertiary alicyclic amines) is 1. The molecular formula is C11H14F3N5O3. The molecule has 0 aromatic carbocycles. The molecule has 1 aliphatic rings. The highest BCUT2D eigenvalue weighted by Crippen LogP contribution is 2.23. The summed E-state index contributed by atoms with van der Waals surface area (Å²) < 4.78 is 38.3. The van der Waals surface area contributed by atoms with Gasteiger partial charge < -0.3 is 4.90 Å². The van der Waals surface area contributed by atoms with E-state index < -0.39 is 29.6 Å². The van der Waals surface area contributed by atoms with E-state index in [4.69, 9.17) is 0 Å². The quantitative estimate of drug-likeness (QED) is 0.593. The van der Waals surface area contributed by atoms with Gasteiger partial charge in [-0.15, -0.1) is 0 Å². The zero-order chi connectivity index (χ0) is 16.5. The first-order valence-electron chi connectivity index (χ1n) is 6.40. The number of hydrogen-bond acceptors (Lipinski definition) is 5. The Bertz CT molecular complexity index is 574. The molecule has 1 amide bonds. The third-order valence-corrected chi connectivity index (χ3v) is 3.37. The second kappa shape index (κ2) is 5.91. The van der Waals surface area contributed by atoms with Gasteiger partial charge in [0.15, 0.2) is 0 Å². The number of likely N-dealkylation sites (N-methyl/N-ethyl adjacent to an activating group) is 1. The number of amides is 1. The fourth-order valence-electron chi connectivity index (χ4n) is 2.36. The molecular weight excluding hydrogens is 307 g/mol. The molecule has 0 aliphatic carbocycles. The van der Waals surface area contributed by atoms with Crippen molar-refractivity contribution in [1.29, 1.82) is 0 Å². The molecule has 11 heteroatoms. The molecule has 22 heavy (non-hydrogen) atoms. The van der Waals surface area contributed by atoms with E-state index in [0.717, 1.165) is 11.1 Å². The van der Waals surface area contributed by atoms with Gasteiger partial charge >= 0.3 is 11.9 Å². The monoisotopic (exact) mass is 321 g/mol. The van der Waals surface area contributed by atoms with Crippen LogP contribution in [0.1, 0.15) is 6.42 Å². The molecule has 0 saturated carbocycles. The van der Waals surface area contributed by atoms with Gasteiger partial charge in [-0.1, -0.05) is 0 Å². The first kappa shape index (κ1) is 16.2. The molecule has 1 saturated heterocycles. The second-order valence-corrected chi connectivity index (χ2v) is 5.07. The lowest BCUT2D eigenvalue weighted by atomic mass is 10.2. The minimum atomic E-state index is -4.42. The van der Waals surface area contributed by atoms with Crippen LogP contribution in [-0.2, 0) is 11.5 Å². The summed E-state index contributed by atoms with van der Waals surface area (Å²) in [6.07, 6.45) is -1.88. The van der Waals surface area contributed by atoms with E-state index in [9.17, 15) is 28.1 Å². The second-order valence-electron chi connectivity index (χ2n) is 5.07. The first-order valence-corrected chi connectivity index (χ1v) is 6.40. The average Bonchev–Trinajstić information content (AvgIpc) is 2.96. The van der Waals surface area contributed by atoms with Gasteiger partial charge in [0.1, 0.15) is 18.9 Å². The first-order chi connectivity index (χ1) is 10.2. The van der Waals surface area contributed by atoms with E-state index in [2.05, 4.69) is 5.10 Å². The van der Waals surface area contributed by atoms with Crippen LogP contribution in [0.15, 0.2) is 12.4 Å². The van der Waals surface area contributed by atoms with Crippen LogP contribution in [0, 0.1) is 10.1 Å². The van der Waals surface area contributed by atoms with E-state index in [1.807, 2.05) is 0 Å². The Morgan fingerprint density at radius 1 is 1.55 bits per heavy atom. The number of carbonyl (C=O) groups excluding carboxylic acids is 1. The van der Waals surface area contributed by atoms with E-state index in [0.29, 0.717) is 0 Å². The summed E-state index contributed by atoms with van der Waals surface area (Å²) in [5.74, 6) is -0.596. The van der Waals surface area contributed by atoms with Gasteiger partial charge in [-0.05, 0) is 13.5 Å². The number of nitrogens with zero attached hydrogens (tertiary/aromatic N) is 5. The minimum absolute atomic E-state index is 0.0343. The molecule has 8 nitrogen and oxygen atoms in total. The van der Waals surface area contributed by atoms with E-state index in [1.165, 1.54) is 15.8 Å². The molecule has 1 aromatic rings. The molecule has 2 heterocycles. The van der Waals surface area contributed by atoms with Crippen molar-refractivity contribution >= 4 is 11.6 Å². The maximum atomic E-state index is 12.3. The Morgan fingerprint density at radius 3 is 2.77 bits per heavy atom. The van der Waals surface area contributed by atoms with Crippen molar-refractivity contribution in [3.63, 3.8) is 0 Å². The number of carbonyl (C=O) groups is 1. The van der Waals surface area contributed by atoms with E-state index in [1.54, 1.807) is 7.05 Å². The molecule has 0 bridgehead atoms. The van der Waals surface area contributed by atoms with Gasteiger partial charge in [0.05, 0.1) is 17.6 Å². The summed E-state index contributed by atoms with van der Waals surface area (Å²) in [5, 5.41) is 14.3. The lowest BCUT2D eigenvalue weighted by Crippen LogP contribution is -2.43. The van der Waals surface area contributed by atoms with E-state index >= 15 is 0 Å². The van der Waals surface area contributed by atoms with Crippen molar-refractivity contribution in [1.82, 2.24) is 19.6 Å². The molecule has 1 fully saturated rings. The van der Waals surface area contributed by atoms with Crippen LogP contribution in [-0.4, -0.2) is 62.8 Å². The predicted octanol–water partition coefficient (Wildman–Crippen LogP) is 0.844. The van der Waals surface area contributed by atoms with Crippen LogP contribution >= 0.6 is 0 Å². The van der Waals surface area contributed by atoms with E-state index in [-0.39, 0.29) is 25.3 Å². The summed E-state index contributed by atoms with van der Waals surface area (Å²) in [6, 6.07) is -0.689. The summed E-state index contributed by atoms with van der Waals surface area (Å²) in [7, 11) is 1.56. The van der Waals surface area contributed by atoms with Gasteiger partial charge in [-0.25, -0.2) is 0 Å². The average molecular weight is 321 g/mol. The number of rotatable bonds is 5. The van der Waals surface area contributed by atoms with Crippen LogP contribution in [0.3, 0.4) is 0 Å². The van der Waals surface area contributed by atoms with Gasteiger partial charge in [-0.2, -0.15) is 18.3 Å². The fourth-order valence-corrected chi connectivity index (χ4v) is 2.36. The van der Waals surface area contributed by atoms with Crippen molar-refractivity contribution in [3.8, 4) is 0 Å². The number of halogens is 3. The van der Waals surface area contributed by atoms with Gasteiger partial charge in [-0.3, -0.25) is 24.5 Å². The molecule has 0 spiro atoms. The van der Waals surface area contributed by atoms with Crippen LogP contribution in [0.4, 0.5) is 18.9 Å². The van der Waals surface area contributed by atoms with Crippen molar-refractivity contribution in [2.75, 3.05) is 20.1 Å². The molecule has 0 radical (unpaired) electrons. The van der Waals surface area contributed by atoms with Crippen LogP contribution in [0.25, 0.3) is 0 Å². The van der Waals surface area contributed by atoms with Gasteiger partial charge in [0.25, 0.3) is 0 Å². The third kappa shape index (κ3) is 3.72. The Morgan fingerprint density at radius 2 is 2.23 bits per heavy atom. The Labute approximate surface area is 123 Å². The number of alkyl halides is 3. The maximum absolute atomic E-state index is 12.3. The molecule has 1 aromatic heterocycles. The normalized spacial score (nSPS) is 19.2. The van der Waals surface area contributed by atoms with Crippen molar-refractivity contribution in [3.05, 3.63) is 22.5 Å². The SMILES string of the molecule is CN(Cn1cc([N+](=O)[O-])cn1)[C@H]1CCN(CC(F)(F)F)C1=O. The van der Waals surface area contributed by atoms with Gasteiger partial charge in [0, 0.05) is 6.54 Å². The smallest absolute Gasteiger partial charge is 0.332 e. The van der Waals surface area contributed by atoms with Crippen LogP contribution in [0.2, 0.25) is 0 Å². The number of nitro groups is 1. The van der Waals surface area contributed by atoms with Crippen LogP contribution in [0.5, 0.6) is 0 Å². The zero-order valence-corrected chi connectivity index (χ0v) is 11.7. The summed E-state index contributed by atoms with van der Waals surface area (Å²) >= 11 is 0. The topological polar surface area (TPSA) is 84.5 Å². The highest BCUT2D eigenvalue weighted by Gasteiger charge is 2.40. The molecule has 0 N–H and O–H groups in total. The van der Waals surface area contributed by atoms with Crippen LogP contribution < -0.4 is 0 Å². The lowest BCUT2D eigenvalue weighted by Gasteiger charge is -2.23. The summed E-state index contributed by atoms with van der Waals surface area (Å²) in [5.41, 5.74) is -0.190. The van der Waals surface area contributed by atoms with Gasteiger partial charge in [0.2, 0.25) is 5.91 Å². The van der Waals surface area contributed by atoms with Crippen molar-refractivity contribution in [2.45, 2.75) is 25.3 Å². The van der Waals surface area contributed by atoms with Crippen molar-refractivity contribution < 1.29 is 22.9 Å². The Kier molecular flexibility index (Phi) is 4.35. The Hall–Kier alpha value is -2.17. The highest BCUT2D eigenvalue weighted by molar-refractivity contribution is 5.83. The standard InChI is InChI=1S/C11H14F3N5O3/c1-16(7-18-5-8(4-15-18)19(21)22)9-2-3-17(10(9)20)6-11(12,13)14/h4-5,9H,2-3,6-7H2,1H3/t9-/m0/s1. The highest BCUT2D eigenvalue weighted by atomic mass is 19.4. The molecule has 122 valence electrons. The molecule has 1 atom stereocenters. The number of aromatic nitrogens is 2. The summed E-state index contributed by atoms with van der Waals surface area (Å²) in [6.45, 7) is -1.15. The zero-order valence-electron chi connectivity index (χ0n) is 11.7. The fraction of sp³-hybridized carbons (Fsp3) is 0.636. The summed E-state index contributed by atoms with van der Waals surface area (Å²) in [4.78, 5) is 24.2.